The first-order valence-electron chi connectivity index (χ1n) is 7.66. The van der Waals surface area contributed by atoms with Crippen molar-refractivity contribution in [2.24, 2.45) is 5.73 Å². The van der Waals surface area contributed by atoms with Crippen molar-refractivity contribution in [2.45, 2.75) is 56.9 Å². The van der Waals surface area contributed by atoms with Crippen molar-refractivity contribution >= 4 is 16.0 Å². The number of hydrogen-bond acceptors (Lipinski definition) is 4. The Labute approximate surface area is 139 Å². The van der Waals surface area contributed by atoms with Gasteiger partial charge in [0.15, 0.2) is 0 Å². The molecule has 0 fully saturated rings. The Morgan fingerprint density at radius 1 is 1.22 bits per heavy atom. The maximum Gasteiger partial charge on any atom is 0.294 e. The van der Waals surface area contributed by atoms with Gasteiger partial charge in [-0.05, 0) is 32.4 Å². The molecule has 0 spiro atoms. The van der Waals surface area contributed by atoms with E-state index in [1.807, 2.05) is 13.8 Å². The molecular formula is C16H28N2O4S. The van der Waals surface area contributed by atoms with Crippen LogP contribution in [-0.4, -0.2) is 31.0 Å². The van der Waals surface area contributed by atoms with Crippen LogP contribution in [0, 0.1) is 0 Å². The van der Waals surface area contributed by atoms with Crippen LogP contribution in [0.3, 0.4) is 0 Å². The molecule has 4 N–H and O–H groups in total. The van der Waals surface area contributed by atoms with Gasteiger partial charge in [-0.2, -0.15) is 8.42 Å². The first kappa shape index (κ1) is 21.6. The smallest absolute Gasteiger partial charge is 0.294 e. The van der Waals surface area contributed by atoms with Crippen LogP contribution < -0.4 is 11.1 Å². The number of rotatable bonds is 7. The van der Waals surface area contributed by atoms with Crippen molar-refractivity contribution in [3.8, 4) is 0 Å². The molecule has 0 aliphatic heterocycles. The fraction of sp³-hybridized carbons (Fsp3) is 0.562. The van der Waals surface area contributed by atoms with Crippen LogP contribution in [0.4, 0.5) is 0 Å². The molecule has 0 aliphatic rings. The highest BCUT2D eigenvalue weighted by Crippen LogP contribution is 2.13. The lowest BCUT2D eigenvalue weighted by atomic mass is 9.97. The molecule has 0 unspecified atom stereocenters. The van der Waals surface area contributed by atoms with Crippen molar-refractivity contribution < 1.29 is 17.8 Å². The molecule has 0 aromatic heterocycles. The summed E-state index contributed by atoms with van der Waals surface area (Å²) < 4.78 is 29.2. The molecule has 0 radical (unpaired) electrons. The molecule has 0 heterocycles. The van der Waals surface area contributed by atoms with E-state index in [-0.39, 0.29) is 22.9 Å². The van der Waals surface area contributed by atoms with E-state index in [0.29, 0.717) is 0 Å². The predicted molar refractivity (Wildman–Crippen MR) is 91.7 cm³/mol. The SMILES string of the molecule is CCCCCC(C)(C)NC(=O)CN.O=S(=O)(O)c1ccccc1. The molecule has 0 atom stereocenters. The number of nitrogens with one attached hydrogen (secondary N) is 1. The third kappa shape index (κ3) is 10.8. The summed E-state index contributed by atoms with van der Waals surface area (Å²) in [5, 5.41) is 2.90. The van der Waals surface area contributed by atoms with Crippen molar-refractivity contribution in [1.29, 1.82) is 0 Å². The second-order valence-corrected chi connectivity index (χ2v) is 7.30. The van der Waals surface area contributed by atoms with Crippen molar-refractivity contribution in [2.75, 3.05) is 6.54 Å². The van der Waals surface area contributed by atoms with E-state index in [0.717, 1.165) is 12.8 Å². The zero-order chi connectivity index (χ0) is 17.9. The van der Waals surface area contributed by atoms with E-state index in [1.54, 1.807) is 18.2 Å². The number of nitrogens with two attached hydrogens (primary N) is 1. The van der Waals surface area contributed by atoms with Crippen LogP contribution in [0.1, 0.15) is 46.5 Å². The molecule has 6 nitrogen and oxygen atoms in total. The second kappa shape index (κ2) is 10.4. The van der Waals surface area contributed by atoms with Gasteiger partial charge in [-0.25, -0.2) is 0 Å². The number of hydrogen-bond donors (Lipinski definition) is 3. The van der Waals surface area contributed by atoms with Crippen molar-refractivity contribution in [3.63, 3.8) is 0 Å². The number of carbonyl (C=O) groups excluding carboxylic acids is 1. The molecule has 0 aliphatic carbocycles. The fourth-order valence-electron chi connectivity index (χ4n) is 1.90. The predicted octanol–water partition coefficient (Wildman–Crippen LogP) is 2.35. The lowest BCUT2D eigenvalue weighted by molar-refractivity contribution is -0.121. The molecule has 7 heteroatoms. The Morgan fingerprint density at radius 2 is 1.78 bits per heavy atom. The Morgan fingerprint density at radius 3 is 2.17 bits per heavy atom. The minimum absolute atomic E-state index is 0.0681. The van der Waals surface area contributed by atoms with Crippen LogP contribution >= 0.6 is 0 Å². The summed E-state index contributed by atoms with van der Waals surface area (Å²) in [7, 11) is -4.00. The van der Waals surface area contributed by atoms with Crippen LogP contribution in [-0.2, 0) is 14.9 Å². The first-order chi connectivity index (χ1) is 10.6. The standard InChI is InChI=1S/C10H22N2O.C6H6O3S/c1-4-5-6-7-10(2,3)12-9(13)8-11;7-10(8,9)6-4-2-1-3-5-6/h4-8,11H2,1-3H3,(H,12,13);1-5H,(H,7,8,9). The molecule has 1 aromatic carbocycles. The topological polar surface area (TPSA) is 109 Å². The third-order valence-corrected chi connectivity index (χ3v) is 3.98. The number of unbranched alkanes of at least 4 members (excludes halogenated alkanes) is 2. The molecule has 1 aromatic rings. The molecule has 23 heavy (non-hydrogen) atoms. The minimum Gasteiger partial charge on any atom is -0.350 e. The quantitative estimate of drug-likeness (QED) is 0.519. The van der Waals surface area contributed by atoms with Gasteiger partial charge in [-0.1, -0.05) is 44.4 Å². The summed E-state index contributed by atoms with van der Waals surface area (Å²) in [6.07, 6.45) is 4.61. The first-order valence-corrected chi connectivity index (χ1v) is 9.10. The van der Waals surface area contributed by atoms with E-state index in [9.17, 15) is 13.2 Å². The van der Waals surface area contributed by atoms with Gasteiger partial charge in [0, 0.05) is 5.54 Å². The van der Waals surface area contributed by atoms with Gasteiger partial charge >= 0.3 is 0 Å². The van der Waals surface area contributed by atoms with E-state index in [4.69, 9.17) is 10.3 Å². The number of amides is 1. The molecule has 0 saturated carbocycles. The van der Waals surface area contributed by atoms with Crippen molar-refractivity contribution in [3.05, 3.63) is 30.3 Å². The van der Waals surface area contributed by atoms with Gasteiger partial charge in [0.05, 0.1) is 11.4 Å². The molecule has 1 amide bonds. The lowest BCUT2D eigenvalue weighted by Crippen LogP contribution is -2.45. The van der Waals surface area contributed by atoms with Gasteiger partial charge < -0.3 is 11.1 Å². The molecule has 0 saturated heterocycles. The van der Waals surface area contributed by atoms with Gasteiger partial charge in [-0.3, -0.25) is 9.35 Å². The summed E-state index contributed by atoms with van der Waals surface area (Å²) in [4.78, 5) is 10.9. The number of carbonyl (C=O) groups is 1. The highest BCUT2D eigenvalue weighted by Gasteiger charge is 2.18. The Kier molecular flexibility index (Phi) is 9.71. The van der Waals surface area contributed by atoms with Gasteiger partial charge in [0.1, 0.15) is 0 Å². The highest BCUT2D eigenvalue weighted by molar-refractivity contribution is 7.85. The Bertz CT molecular complexity index is 557. The highest BCUT2D eigenvalue weighted by atomic mass is 32.2. The third-order valence-electron chi connectivity index (χ3n) is 3.11. The van der Waals surface area contributed by atoms with Gasteiger partial charge in [-0.15, -0.1) is 0 Å². The van der Waals surface area contributed by atoms with Gasteiger partial charge in [0.25, 0.3) is 10.1 Å². The lowest BCUT2D eigenvalue weighted by Gasteiger charge is -2.25. The van der Waals surface area contributed by atoms with E-state index in [2.05, 4.69) is 12.2 Å². The molecule has 132 valence electrons. The van der Waals surface area contributed by atoms with Crippen LogP contribution in [0.25, 0.3) is 0 Å². The van der Waals surface area contributed by atoms with Crippen LogP contribution in [0.5, 0.6) is 0 Å². The summed E-state index contributed by atoms with van der Waals surface area (Å²) in [6.45, 7) is 6.33. The summed E-state index contributed by atoms with van der Waals surface area (Å²) in [5.41, 5.74) is 5.12. The zero-order valence-corrected chi connectivity index (χ0v) is 14.9. The zero-order valence-electron chi connectivity index (χ0n) is 14.1. The largest absolute Gasteiger partial charge is 0.350 e. The Balaban J connectivity index is 0.000000433. The van der Waals surface area contributed by atoms with Crippen LogP contribution in [0.15, 0.2) is 35.2 Å². The summed E-state index contributed by atoms with van der Waals surface area (Å²) >= 11 is 0. The Hall–Kier alpha value is -1.44. The maximum atomic E-state index is 11.0. The molecular weight excluding hydrogens is 316 g/mol. The monoisotopic (exact) mass is 344 g/mol. The minimum atomic E-state index is -4.00. The van der Waals surface area contributed by atoms with Gasteiger partial charge in [0.2, 0.25) is 5.91 Å². The normalized spacial score (nSPS) is 11.3. The average Bonchev–Trinajstić information content (AvgIpc) is 2.47. The summed E-state index contributed by atoms with van der Waals surface area (Å²) in [5.74, 6) is -0.0681. The number of benzene rings is 1. The summed E-state index contributed by atoms with van der Waals surface area (Å²) in [6, 6.07) is 7.42. The second-order valence-electron chi connectivity index (χ2n) is 5.88. The van der Waals surface area contributed by atoms with E-state index in [1.165, 1.54) is 25.0 Å². The molecule has 1 rings (SSSR count). The van der Waals surface area contributed by atoms with Crippen LogP contribution in [0.2, 0.25) is 0 Å². The van der Waals surface area contributed by atoms with E-state index >= 15 is 0 Å². The van der Waals surface area contributed by atoms with E-state index < -0.39 is 10.1 Å². The fourth-order valence-corrected chi connectivity index (χ4v) is 2.40. The maximum absolute atomic E-state index is 11.0. The molecule has 0 bridgehead atoms. The average molecular weight is 344 g/mol. The van der Waals surface area contributed by atoms with Crippen molar-refractivity contribution in [1.82, 2.24) is 5.32 Å².